The molecule has 26 heavy (non-hydrogen) atoms. The average Bonchev–Trinajstić information content (AvgIpc) is 2.67. The molecule has 3 aromatic rings. The van der Waals surface area contributed by atoms with E-state index in [0.29, 0.717) is 15.7 Å². The van der Waals surface area contributed by atoms with Gasteiger partial charge < -0.3 is 10.6 Å². The van der Waals surface area contributed by atoms with Crippen molar-refractivity contribution in [2.75, 3.05) is 11.5 Å². The summed E-state index contributed by atoms with van der Waals surface area (Å²) in [6, 6.07) is 12.9. The van der Waals surface area contributed by atoms with Crippen LogP contribution in [0.2, 0.25) is 0 Å². The Bertz CT molecular complexity index is 1080. The SMILES string of the molecule is COc1ccc(S(=O)(=O)N(N)c2cccc3cccnc23)c(N=NN)c1. The number of hydrogen-bond donors (Lipinski definition) is 2. The van der Waals surface area contributed by atoms with Gasteiger partial charge in [-0.05, 0) is 24.3 Å². The van der Waals surface area contributed by atoms with Gasteiger partial charge in [-0.1, -0.05) is 23.4 Å². The first kappa shape index (κ1) is 17.6. The number of para-hydroxylation sites is 1. The third-order valence-electron chi connectivity index (χ3n) is 3.72. The minimum Gasteiger partial charge on any atom is -0.497 e. The third-order valence-corrected chi connectivity index (χ3v) is 5.33. The van der Waals surface area contributed by atoms with E-state index in [2.05, 4.69) is 15.3 Å². The second-order valence-electron chi connectivity index (χ2n) is 5.20. The van der Waals surface area contributed by atoms with E-state index >= 15 is 0 Å². The van der Waals surface area contributed by atoms with Crippen molar-refractivity contribution in [2.45, 2.75) is 4.90 Å². The van der Waals surface area contributed by atoms with Crippen molar-refractivity contribution in [3.63, 3.8) is 0 Å². The maximum atomic E-state index is 13.1. The van der Waals surface area contributed by atoms with E-state index in [4.69, 9.17) is 16.4 Å². The molecular weight excluding hydrogens is 356 g/mol. The van der Waals surface area contributed by atoms with E-state index in [1.807, 2.05) is 12.1 Å². The van der Waals surface area contributed by atoms with Crippen LogP contribution in [0, 0.1) is 0 Å². The molecule has 2 aromatic carbocycles. The van der Waals surface area contributed by atoms with E-state index in [1.54, 1.807) is 24.4 Å². The fraction of sp³-hybridized carbons (Fsp3) is 0.0625. The van der Waals surface area contributed by atoms with Crippen molar-refractivity contribution in [3.8, 4) is 5.75 Å². The Hall–Kier alpha value is -3.24. The van der Waals surface area contributed by atoms with Crippen molar-refractivity contribution in [2.24, 2.45) is 22.0 Å². The molecule has 0 bridgehead atoms. The lowest BCUT2D eigenvalue weighted by molar-refractivity contribution is 0.414. The number of rotatable bonds is 5. The predicted octanol–water partition coefficient (Wildman–Crippen LogP) is 2.27. The number of nitrogens with two attached hydrogens (primary N) is 2. The minimum absolute atomic E-state index is 0.00972. The quantitative estimate of drug-likeness (QED) is 0.400. The number of nitrogens with zero attached hydrogens (tertiary/aromatic N) is 4. The third kappa shape index (κ3) is 3.03. The summed E-state index contributed by atoms with van der Waals surface area (Å²) in [5.41, 5.74) is 0.696. The van der Waals surface area contributed by atoms with Crippen molar-refractivity contribution >= 4 is 32.3 Å². The van der Waals surface area contributed by atoms with Gasteiger partial charge in [0.1, 0.15) is 16.3 Å². The first-order chi connectivity index (χ1) is 12.5. The van der Waals surface area contributed by atoms with Crippen LogP contribution in [0.4, 0.5) is 11.4 Å². The van der Waals surface area contributed by atoms with E-state index in [1.165, 1.54) is 25.3 Å². The van der Waals surface area contributed by atoms with Crippen LogP contribution in [0.3, 0.4) is 0 Å². The molecule has 1 heterocycles. The van der Waals surface area contributed by atoms with Gasteiger partial charge in [0, 0.05) is 17.6 Å². The molecule has 0 fully saturated rings. The Morgan fingerprint density at radius 2 is 1.92 bits per heavy atom. The predicted molar refractivity (Wildman–Crippen MR) is 97.3 cm³/mol. The number of hydrazine groups is 1. The van der Waals surface area contributed by atoms with Crippen LogP contribution in [-0.4, -0.2) is 20.5 Å². The molecule has 1 aromatic heterocycles. The number of hydrogen-bond acceptors (Lipinski definition) is 7. The van der Waals surface area contributed by atoms with Crippen LogP contribution >= 0.6 is 0 Å². The highest BCUT2D eigenvalue weighted by Crippen LogP contribution is 2.33. The van der Waals surface area contributed by atoms with Crippen molar-refractivity contribution in [3.05, 3.63) is 54.7 Å². The first-order valence-corrected chi connectivity index (χ1v) is 8.86. The monoisotopic (exact) mass is 372 g/mol. The van der Waals surface area contributed by atoms with Crippen LogP contribution < -0.4 is 20.8 Å². The molecule has 3 rings (SSSR count). The summed E-state index contributed by atoms with van der Waals surface area (Å²) in [6.45, 7) is 0. The molecule has 0 spiro atoms. The van der Waals surface area contributed by atoms with Crippen LogP contribution in [-0.2, 0) is 10.0 Å². The van der Waals surface area contributed by atoms with Crippen molar-refractivity contribution in [1.29, 1.82) is 0 Å². The fourth-order valence-corrected chi connectivity index (χ4v) is 3.71. The second-order valence-corrected chi connectivity index (χ2v) is 6.99. The highest BCUT2D eigenvalue weighted by molar-refractivity contribution is 7.92. The Morgan fingerprint density at radius 1 is 1.15 bits per heavy atom. The lowest BCUT2D eigenvalue weighted by Gasteiger charge is -2.20. The zero-order valence-corrected chi connectivity index (χ0v) is 14.6. The van der Waals surface area contributed by atoms with Crippen molar-refractivity contribution < 1.29 is 13.2 Å². The maximum Gasteiger partial charge on any atom is 0.279 e. The zero-order chi connectivity index (χ0) is 18.7. The lowest BCUT2D eigenvalue weighted by atomic mass is 10.2. The molecular formula is C16H16N6O3S. The van der Waals surface area contributed by atoms with Gasteiger partial charge in [-0.15, -0.1) is 5.11 Å². The molecule has 0 atom stereocenters. The van der Waals surface area contributed by atoms with Gasteiger partial charge in [0.15, 0.2) is 0 Å². The summed E-state index contributed by atoms with van der Waals surface area (Å²) in [4.78, 5) is 4.06. The molecule has 134 valence electrons. The van der Waals surface area contributed by atoms with Gasteiger partial charge >= 0.3 is 0 Å². The van der Waals surface area contributed by atoms with Crippen LogP contribution in [0.1, 0.15) is 0 Å². The molecule has 4 N–H and O–H groups in total. The molecule has 0 amide bonds. The largest absolute Gasteiger partial charge is 0.497 e. The summed E-state index contributed by atoms with van der Waals surface area (Å²) in [7, 11) is -2.71. The number of ether oxygens (including phenoxy) is 1. The van der Waals surface area contributed by atoms with Crippen LogP contribution in [0.25, 0.3) is 10.9 Å². The average molecular weight is 372 g/mol. The van der Waals surface area contributed by atoms with Gasteiger partial charge in [-0.3, -0.25) is 4.98 Å². The lowest BCUT2D eigenvalue weighted by Crippen LogP contribution is -2.37. The molecule has 0 aliphatic rings. The topological polar surface area (TPSA) is 136 Å². The summed E-state index contributed by atoms with van der Waals surface area (Å²) in [6.07, 6.45) is 1.56. The Kier molecular flexibility index (Phi) is 4.69. The number of fused-ring (bicyclic) bond motifs is 1. The minimum atomic E-state index is -4.16. The summed E-state index contributed by atoms with van der Waals surface area (Å²) >= 11 is 0. The normalized spacial score (nSPS) is 11.8. The van der Waals surface area contributed by atoms with Gasteiger partial charge in [-0.25, -0.2) is 5.84 Å². The Labute approximate surface area is 149 Å². The number of methoxy groups -OCH3 is 1. The Morgan fingerprint density at radius 3 is 2.65 bits per heavy atom. The number of pyridine rings is 1. The Balaban J connectivity index is 2.16. The molecule has 9 nitrogen and oxygen atoms in total. The van der Waals surface area contributed by atoms with Crippen LogP contribution in [0.15, 0.2) is 70.0 Å². The number of sulfonamides is 1. The van der Waals surface area contributed by atoms with Gasteiger partial charge in [-0.2, -0.15) is 12.8 Å². The van der Waals surface area contributed by atoms with Crippen LogP contribution in [0.5, 0.6) is 5.75 Å². The maximum absolute atomic E-state index is 13.1. The van der Waals surface area contributed by atoms with E-state index in [0.717, 1.165) is 5.39 Å². The number of anilines is 1. The molecule has 0 saturated carbocycles. The smallest absolute Gasteiger partial charge is 0.279 e. The van der Waals surface area contributed by atoms with Gasteiger partial charge in [0.25, 0.3) is 10.0 Å². The summed E-state index contributed by atoms with van der Waals surface area (Å²) in [5.74, 6) is 11.5. The summed E-state index contributed by atoms with van der Waals surface area (Å²) in [5, 5.41) is 7.59. The fourth-order valence-electron chi connectivity index (χ4n) is 2.48. The highest BCUT2D eigenvalue weighted by Gasteiger charge is 2.27. The van der Waals surface area contributed by atoms with E-state index in [9.17, 15) is 8.42 Å². The van der Waals surface area contributed by atoms with Gasteiger partial charge in [0.2, 0.25) is 0 Å². The summed E-state index contributed by atoms with van der Waals surface area (Å²) < 4.78 is 31.9. The van der Waals surface area contributed by atoms with E-state index < -0.39 is 10.0 Å². The highest BCUT2D eigenvalue weighted by atomic mass is 32.2. The van der Waals surface area contributed by atoms with E-state index in [-0.39, 0.29) is 16.3 Å². The molecule has 0 aliphatic carbocycles. The second kappa shape index (κ2) is 6.94. The molecule has 0 radical (unpaired) electrons. The van der Waals surface area contributed by atoms with Crippen molar-refractivity contribution in [1.82, 2.24) is 4.98 Å². The number of benzene rings is 2. The molecule has 0 unspecified atom stereocenters. The van der Waals surface area contributed by atoms with Gasteiger partial charge in [0.05, 0.1) is 18.3 Å². The first-order valence-electron chi connectivity index (χ1n) is 7.42. The molecule has 10 heteroatoms. The zero-order valence-electron chi connectivity index (χ0n) is 13.8. The molecule has 0 aliphatic heterocycles. The molecule has 0 saturated heterocycles. The standard InChI is InChI=1S/C16H16N6O3S/c1-25-12-7-8-15(13(10-12)20-21-17)26(23,24)22(18)14-6-2-4-11-5-3-9-19-16(11)14/h2-10H,18H2,1H3,(H2,17,20). The number of aromatic nitrogens is 1.